The molecule has 1 aromatic heterocycles. The van der Waals surface area contributed by atoms with Gasteiger partial charge in [0.1, 0.15) is 11.3 Å². The molecule has 0 fully saturated rings. The maximum atomic E-state index is 13.5. The van der Waals surface area contributed by atoms with Gasteiger partial charge in [-0.15, -0.1) is 0 Å². The molecule has 4 rings (SSSR count). The zero-order valence-electron chi connectivity index (χ0n) is 18.4. The first kappa shape index (κ1) is 22.9. The van der Waals surface area contributed by atoms with Gasteiger partial charge in [-0.1, -0.05) is 37.6 Å². The van der Waals surface area contributed by atoms with Crippen molar-refractivity contribution < 1.29 is 24.2 Å². The van der Waals surface area contributed by atoms with Crippen LogP contribution in [0, 0.1) is 0 Å². The first-order chi connectivity index (χ1) is 15.8. The lowest BCUT2D eigenvalue weighted by Crippen LogP contribution is -2.38. The van der Waals surface area contributed by atoms with E-state index < -0.39 is 23.5 Å². The lowest BCUT2D eigenvalue weighted by molar-refractivity contribution is -0.129. The summed E-state index contributed by atoms with van der Waals surface area (Å²) < 4.78 is 5.72. The maximum Gasteiger partial charge on any atom is 0.290 e. The second kappa shape index (κ2) is 9.29. The Kier molecular flexibility index (Phi) is 6.44. The number of aliphatic hydroxyl groups excluding tert-OH is 1. The summed E-state index contributed by atoms with van der Waals surface area (Å²) in [5.41, 5.74) is 1.04. The Labute approximate surface area is 196 Å². The van der Waals surface area contributed by atoms with Crippen LogP contribution < -0.4 is 0 Å². The van der Waals surface area contributed by atoms with Crippen LogP contribution in [-0.2, 0) is 4.79 Å². The molecule has 0 spiro atoms. The van der Waals surface area contributed by atoms with Gasteiger partial charge in [0, 0.05) is 23.5 Å². The lowest BCUT2D eigenvalue weighted by Gasteiger charge is -2.29. The topological polar surface area (TPSA) is 94.2 Å². The molecule has 2 heterocycles. The van der Waals surface area contributed by atoms with Crippen LogP contribution in [0.3, 0.4) is 0 Å². The summed E-state index contributed by atoms with van der Waals surface area (Å²) in [7, 11) is 0. The summed E-state index contributed by atoms with van der Waals surface area (Å²) >= 11 is 6.04. The van der Waals surface area contributed by atoms with Crippen LogP contribution in [0.2, 0.25) is 5.02 Å². The van der Waals surface area contributed by atoms with Crippen molar-refractivity contribution in [1.29, 1.82) is 0 Å². The first-order valence-corrected chi connectivity index (χ1v) is 11.2. The molecule has 1 aliphatic rings. The number of phenolic OH excluding ortho intramolecular Hbond substituents is 1. The van der Waals surface area contributed by atoms with Crippen LogP contribution in [0.5, 0.6) is 5.75 Å². The van der Waals surface area contributed by atoms with Gasteiger partial charge < -0.3 is 24.4 Å². The minimum Gasteiger partial charge on any atom is -0.508 e. The molecule has 1 aliphatic heterocycles. The zero-order valence-corrected chi connectivity index (χ0v) is 19.2. The highest BCUT2D eigenvalue weighted by molar-refractivity contribution is 6.31. The molecule has 0 bridgehead atoms. The average Bonchev–Trinajstić information content (AvgIpc) is 3.33. The number of aromatic hydroxyl groups is 1. The molecule has 0 saturated heterocycles. The summed E-state index contributed by atoms with van der Waals surface area (Å²) in [4.78, 5) is 30.2. The SMILES string of the molecule is CCN(CC)CCN1C(=O)C(O)=C(C(=O)c2cc3cc(Cl)ccc3o2)C1c1ccc(O)cc1. The third-order valence-electron chi connectivity index (χ3n) is 6.01. The van der Waals surface area contributed by atoms with Crippen molar-refractivity contribution in [2.75, 3.05) is 26.2 Å². The molecule has 172 valence electrons. The summed E-state index contributed by atoms with van der Waals surface area (Å²) in [6.07, 6.45) is 0. The lowest BCUT2D eigenvalue weighted by atomic mass is 9.95. The van der Waals surface area contributed by atoms with Gasteiger partial charge in [-0.25, -0.2) is 0 Å². The Morgan fingerprint density at radius 3 is 2.45 bits per heavy atom. The number of nitrogens with zero attached hydrogens (tertiary/aromatic N) is 2. The van der Waals surface area contributed by atoms with Crippen molar-refractivity contribution in [2.45, 2.75) is 19.9 Å². The van der Waals surface area contributed by atoms with E-state index >= 15 is 0 Å². The molecule has 1 unspecified atom stereocenters. The van der Waals surface area contributed by atoms with E-state index in [1.807, 2.05) is 13.8 Å². The number of fused-ring (bicyclic) bond motifs is 1. The second-order valence-electron chi connectivity index (χ2n) is 7.90. The van der Waals surface area contributed by atoms with Crippen LogP contribution in [0.4, 0.5) is 0 Å². The number of Topliss-reactive ketones (excluding diaryl/α,β-unsaturated/α-hetero) is 1. The van der Waals surface area contributed by atoms with Crippen molar-refractivity contribution >= 4 is 34.3 Å². The monoisotopic (exact) mass is 468 g/mol. The molecule has 0 aliphatic carbocycles. The number of furan rings is 1. The molecule has 2 aromatic carbocycles. The van der Waals surface area contributed by atoms with Crippen LogP contribution in [-0.4, -0.2) is 57.9 Å². The quantitative estimate of drug-likeness (QED) is 0.465. The fourth-order valence-electron chi connectivity index (χ4n) is 4.17. The smallest absolute Gasteiger partial charge is 0.290 e. The van der Waals surface area contributed by atoms with Gasteiger partial charge in [-0.3, -0.25) is 9.59 Å². The normalized spacial score (nSPS) is 16.4. The minimum absolute atomic E-state index is 0.0102. The van der Waals surface area contributed by atoms with E-state index in [0.717, 1.165) is 13.1 Å². The Hall–Kier alpha value is -3.29. The first-order valence-electron chi connectivity index (χ1n) is 10.8. The second-order valence-corrected chi connectivity index (χ2v) is 8.34. The van der Waals surface area contributed by atoms with E-state index in [-0.39, 0.29) is 17.1 Å². The summed E-state index contributed by atoms with van der Waals surface area (Å²) in [6.45, 7) is 6.61. The molecule has 3 aromatic rings. The van der Waals surface area contributed by atoms with Crippen LogP contribution >= 0.6 is 11.6 Å². The largest absolute Gasteiger partial charge is 0.508 e. The Bertz CT molecular complexity index is 1230. The summed E-state index contributed by atoms with van der Waals surface area (Å²) in [6, 6.07) is 12.0. The van der Waals surface area contributed by atoms with Crippen LogP contribution in [0.1, 0.15) is 36.0 Å². The van der Waals surface area contributed by atoms with E-state index in [2.05, 4.69) is 4.90 Å². The van der Waals surface area contributed by atoms with E-state index in [4.69, 9.17) is 16.0 Å². The Morgan fingerprint density at radius 2 is 1.79 bits per heavy atom. The van der Waals surface area contributed by atoms with Gasteiger partial charge in [0.2, 0.25) is 5.78 Å². The number of halogens is 1. The number of ketones is 1. The maximum absolute atomic E-state index is 13.5. The molecule has 1 atom stereocenters. The molecule has 0 radical (unpaired) electrons. The van der Waals surface area contributed by atoms with E-state index in [0.29, 0.717) is 34.6 Å². The zero-order chi connectivity index (χ0) is 23.7. The molecular weight excluding hydrogens is 444 g/mol. The number of rotatable bonds is 8. The van der Waals surface area contributed by atoms with Crippen molar-refractivity contribution in [2.24, 2.45) is 0 Å². The average molecular weight is 469 g/mol. The molecule has 1 amide bonds. The molecule has 33 heavy (non-hydrogen) atoms. The number of aliphatic hydroxyl groups is 1. The fourth-order valence-corrected chi connectivity index (χ4v) is 4.35. The number of amides is 1. The number of carbonyl (C=O) groups is 2. The standard InChI is InChI=1S/C25H25ClN2O5/c1-3-27(4-2)11-12-28-22(15-5-8-18(29)9-6-15)21(24(31)25(28)32)23(30)20-14-16-13-17(26)7-10-19(16)33-20/h5-10,13-14,22,29,31H,3-4,11-12H2,1-2H3. The van der Waals surface area contributed by atoms with E-state index in [1.54, 1.807) is 36.4 Å². The third-order valence-corrected chi connectivity index (χ3v) is 6.25. The van der Waals surface area contributed by atoms with Gasteiger partial charge in [0.15, 0.2) is 11.5 Å². The summed E-state index contributed by atoms with van der Waals surface area (Å²) in [5, 5.41) is 21.7. The molecular formula is C25H25ClN2O5. The predicted octanol–water partition coefficient (Wildman–Crippen LogP) is 4.71. The van der Waals surface area contributed by atoms with Gasteiger partial charge in [0.25, 0.3) is 5.91 Å². The van der Waals surface area contributed by atoms with Crippen LogP contribution in [0.15, 0.2) is 64.3 Å². The van der Waals surface area contributed by atoms with Crippen molar-refractivity contribution in [1.82, 2.24) is 9.80 Å². The Morgan fingerprint density at radius 1 is 1.09 bits per heavy atom. The predicted molar refractivity (Wildman–Crippen MR) is 126 cm³/mol. The van der Waals surface area contributed by atoms with E-state index in [9.17, 15) is 19.8 Å². The van der Waals surface area contributed by atoms with Gasteiger partial charge in [0.05, 0.1) is 11.6 Å². The highest BCUT2D eigenvalue weighted by atomic mass is 35.5. The number of benzene rings is 2. The van der Waals surface area contributed by atoms with Crippen molar-refractivity contribution in [3.8, 4) is 5.75 Å². The number of carbonyl (C=O) groups excluding carboxylic acids is 2. The van der Waals surface area contributed by atoms with Crippen LogP contribution in [0.25, 0.3) is 11.0 Å². The third kappa shape index (κ3) is 4.34. The van der Waals surface area contributed by atoms with Gasteiger partial charge in [-0.05, 0) is 55.1 Å². The van der Waals surface area contributed by atoms with Gasteiger partial charge in [-0.2, -0.15) is 0 Å². The van der Waals surface area contributed by atoms with Crippen molar-refractivity contribution in [3.05, 3.63) is 76.2 Å². The number of likely N-dealkylation sites (N-methyl/N-ethyl adjacent to an activating group) is 1. The fraction of sp³-hybridized carbons (Fsp3) is 0.280. The Balaban J connectivity index is 1.75. The molecule has 8 heteroatoms. The molecule has 7 nitrogen and oxygen atoms in total. The molecule has 0 saturated carbocycles. The number of hydrogen-bond donors (Lipinski definition) is 2. The number of hydrogen-bond acceptors (Lipinski definition) is 6. The minimum atomic E-state index is -0.807. The van der Waals surface area contributed by atoms with E-state index in [1.165, 1.54) is 17.0 Å². The highest BCUT2D eigenvalue weighted by Crippen LogP contribution is 2.40. The molecule has 2 N–H and O–H groups in total. The van der Waals surface area contributed by atoms with Gasteiger partial charge >= 0.3 is 0 Å². The summed E-state index contributed by atoms with van der Waals surface area (Å²) in [5.74, 6) is -1.69. The van der Waals surface area contributed by atoms with Crippen molar-refractivity contribution in [3.63, 3.8) is 0 Å². The number of phenols is 1. The highest BCUT2D eigenvalue weighted by Gasteiger charge is 2.44.